The number of amidine groups is 1. The van der Waals surface area contributed by atoms with Crippen LogP contribution in [0, 0.1) is 5.82 Å². The van der Waals surface area contributed by atoms with Gasteiger partial charge in [0.05, 0.1) is 5.56 Å². The van der Waals surface area contributed by atoms with Gasteiger partial charge in [0, 0.05) is 11.6 Å². The molecule has 1 aromatic rings. The van der Waals surface area contributed by atoms with E-state index in [-0.39, 0.29) is 0 Å². The van der Waals surface area contributed by atoms with Crippen molar-refractivity contribution in [2.75, 3.05) is 6.54 Å². The molecule has 0 aromatic heterocycles. The zero-order valence-electron chi connectivity index (χ0n) is 7.72. The molecule has 0 aliphatic carbocycles. The first-order chi connectivity index (χ1) is 6.69. The van der Waals surface area contributed by atoms with Crippen molar-refractivity contribution in [2.24, 2.45) is 10.8 Å². The number of hydrazine groups is 1. The number of nitrogens with two attached hydrogens (primary N) is 1. The van der Waals surface area contributed by atoms with E-state index in [4.69, 9.17) is 17.4 Å². The van der Waals surface area contributed by atoms with Crippen molar-refractivity contribution in [1.82, 2.24) is 5.43 Å². The molecule has 0 aliphatic heterocycles. The van der Waals surface area contributed by atoms with Gasteiger partial charge in [-0.3, -0.25) is 4.99 Å². The Bertz CT molecular complexity index is 352. The third kappa shape index (κ3) is 2.43. The zero-order valence-corrected chi connectivity index (χ0v) is 8.48. The van der Waals surface area contributed by atoms with Gasteiger partial charge in [0.15, 0.2) is 0 Å². The fourth-order valence-electron chi connectivity index (χ4n) is 1.05. The van der Waals surface area contributed by atoms with E-state index in [0.29, 0.717) is 23.0 Å². The van der Waals surface area contributed by atoms with Crippen molar-refractivity contribution in [3.05, 3.63) is 34.6 Å². The minimum absolute atomic E-state index is 0.318. The Hall–Kier alpha value is -1.13. The highest BCUT2D eigenvalue weighted by Gasteiger charge is 2.07. The Kier molecular flexibility index (Phi) is 3.85. The lowest BCUT2D eigenvalue weighted by atomic mass is 10.2. The van der Waals surface area contributed by atoms with Crippen molar-refractivity contribution in [2.45, 2.75) is 6.92 Å². The van der Waals surface area contributed by atoms with E-state index in [9.17, 15) is 4.39 Å². The molecule has 0 amide bonds. The predicted octanol–water partition coefficient (Wildman–Crippen LogP) is 1.71. The lowest BCUT2D eigenvalue weighted by molar-refractivity contribution is 0.624. The molecule has 1 aromatic carbocycles. The molecule has 0 aliphatic rings. The van der Waals surface area contributed by atoms with Gasteiger partial charge in [-0.2, -0.15) is 0 Å². The summed E-state index contributed by atoms with van der Waals surface area (Å²) >= 11 is 5.61. The summed E-state index contributed by atoms with van der Waals surface area (Å²) in [7, 11) is 0. The highest BCUT2D eigenvalue weighted by Crippen LogP contribution is 2.14. The molecular formula is C9H11ClFN3. The summed E-state index contributed by atoms with van der Waals surface area (Å²) in [6, 6.07) is 4.34. The number of rotatable bonds is 2. The van der Waals surface area contributed by atoms with Gasteiger partial charge in [0.25, 0.3) is 0 Å². The molecule has 14 heavy (non-hydrogen) atoms. The van der Waals surface area contributed by atoms with Crippen LogP contribution < -0.4 is 11.3 Å². The Morgan fingerprint density at radius 2 is 2.36 bits per heavy atom. The third-order valence-corrected chi connectivity index (χ3v) is 1.87. The maximum absolute atomic E-state index is 13.4. The van der Waals surface area contributed by atoms with Crippen LogP contribution in [0.3, 0.4) is 0 Å². The second kappa shape index (κ2) is 4.93. The molecule has 0 bridgehead atoms. The van der Waals surface area contributed by atoms with E-state index in [1.807, 2.05) is 6.92 Å². The van der Waals surface area contributed by atoms with E-state index in [1.54, 1.807) is 6.07 Å². The molecule has 1 rings (SSSR count). The van der Waals surface area contributed by atoms with Gasteiger partial charge in [-0.25, -0.2) is 10.2 Å². The molecule has 3 N–H and O–H groups in total. The Morgan fingerprint density at radius 3 is 2.86 bits per heavy atom. The van der Waals surface area contributed by atoms with Crippen LogP contribution in [0.2, 0.25) is 5.02 Å². The molecule has 0 heterocycles. The summed E-state index contributed by atoms with van der Waals surface area (Å²) in [5.74, 6) is 5.10. The van der Waals surface area contributed by atoms with Crippen LogP contribution in [-0.2, 0) is 0 Å². The average Bonchev–Trinajstić information content (AvgIpc) is 2.15. The standard InChI is InChI=1S/C9H11ClFN3/c1-2-13-9(14-12)7-4-3-6(10)5-8(7)11/h3-5H,2,12H2,1H3,(H,13,14). The average molecular weight is 216 g/mol. The fourth-order valence-corrected chi connectivity index (χ4v) is 1.21. The summed E-state index contributed by atoms with van der Waals surface area (Å²) < 4.78 is 13.4. The third-order valence-electron chi connectivity index (χ3n) is 1.64. The number of aliphatic imine (C=N–C) groups is 1. The van der Waals surface area contributed by atoms with Crippen LogP contribution >= 0.6 is 11.6 Å². The van der Waals surface area contributed by atoms with E-state index < -0.39 is 5.82 Å². The number of nitrogens with one attached hydrogen (secondary N) is 1. The van der Waals surface area contributed by atoms with Crippen molar-refractivity contribution < 1.29 is 4.39 Å². The minimum Gasteiger partial charge on any atom is -0.308 e. The number of benzene rings is 1. The molecule has 0 radical (unpaired) electrons. The van der Waals surface area contributed by atoms with Gasteiger partial charge in [-0.05, 0) is 25.1 Å². The molecule has 0 spiro atoms. The van der Waals surface area contributed by atoms with Gasteiger partial charge in [-0.15, -0.1) is 0 Å². The normalized spacial score (nSPS) is 11.6. The molecule has 0 saturated heterocycles. The molecule has 0 unspecified atom stereocenters. The molecule has 5 heteroatoms. The summed E-state index contributed by atoms with van der Waals surface area (Å²) in [6.45, 7) is 2.37. The SMILES string of the molecule is CCN=C(NN)c1ccc(Cl)cc1F. The summed E-state index contributed by atoms with van der Waals surface area (Å²) in [6.07, 6.45) is 0. The van der Waals surface area contributed by atoms with E-state index in [0.717, 1.165) is 0 Å². The van der Waals surface area contributed by atoms with Gasteiger partial charge >= 0.3 is 0 Å². The summed E-state index contributed by atoms with van der Waals surface area (Å²) in [5, 5.41) is 0.346. The summed E-state index contributed by atoms with van der Waals surface area (Å²) in [5.41, 5.74) is 2.66. The Balaban J connectivity index is 3.11. The quantitative estimate of drug-likeness (QED) is 0.342. The molecule has 3 nitrogen and oxygen atoms in total. The first kappa shape index (κ1) is 10.9. The number of halogens is 2. The van der Waals surface area contributed by atoms with Gasteiger partial charge < -0.3 is 5.43 Å². The monoisotopic (exact) mass is 215 g/mol. The van der Waals surface area contributed by atoms with Crippen LogP contribution in [0.5, 0.6) is 0 Å². The summed E-state index contributed by atoms with van der Waals surface area (Å²) in [4.78, 5) is 4.00. The number of hydrogen-bond acceptors (Lipinski definition) is 2. The number of nitrogens with zero attached hydrogens (tertiary/aromatic N) is 1. The zero-order chi connectivity index (χ0) is 10.6. The molecule has 0 atom stereocenters. The topological polar surface area (TPSA) is 50.4 Å². The Labute approximate surface area is 86.8 Å². The van der Waals surface area contributed by atoms with E-state index in [2.05, 4.69) is 10.4 Å². The Morgan fingerprint density at radius 1 is 1.64 bits per heavy atom. The van der Waals surface area contributed by atoms with Crippen molar-refractivity contribution in [3.63, 3.8) is 0 Å². The van der Waals surface area contributed by atoms with Gasteiger partial charge in [0.1, 0.15) is 11.7 Å². The van der Waals surface area contributed by atoms with Gasteiger partial charge in [0.2, 0.25) is 0 Å². The smallest absolute Gasteiger partial charge is 0.145 e. The van der Waals surface area contributed by atoms with Crippen LogP contribution in [0.15, 0.2) is 23.2 Å². The molecule has 0 fully saturated rings. The second-order valence-electron chi connectivity index (χ2n) is 2.59. The van der Waals surface area contributed by atoms with Crippen molar-refractivity contribution in [3.8, 4) is 0 Å². The molecule has 76 valence electrons. The molecule has 0 saturated carbocycles. The van der Waals surface area contributed by atoms with Crippen molar-refractivity contribution in [1.29, 1.82) is 0 Å². The first-order valence-corrected chi connectivity index (χ1v) is 4.53. The molecular weight excluding hydrogens is 205 g/mol. The van der Waals surface area contributed by atoms with E-state index >= 15 is 0 Å². The van der Waals surface area contributed by atoms with Gasteiger partial charge in [-0.1, -0.05) is 11.6 Å². The fraction of sp³-hybridized carbons (Fsp3) is 0.222. The van der Waals surface area contributed by atoms with E-state index in [1.165, 1.54) is 12.1 Å². The first-order valence-electron chi connectivity index (χ1n) is 4.15. The van der Waals surface area contributed by atoms with Crippen LogP contribution in [-0.4, -0.2) is 12.4 Å². The predicted molar refractivity (Wildman–Crippen MR) is 55.8 cm³/mol. The van der Waals surface area contributed by atoms with Crippen LogP contribution in [0.1, 0.15) is 12.5 Å². The minimum atomic E-state index is -0.442. The maximum atomic E-state index is 13.4. The largest absolute Gasteiger partial charge is 0.308 e. The maximum Gasteiger partial charge on any atom is 0.145 e. The lowest BCUT2D eigenvalue weighted by Gasteiger charge is -2.06. The van der Waals surface area contributed by atoms with Crippen LogP contribution in [0.25, 0.3) is 0 Å². The van der Waals surface area contributed by atoms with Crippen molar-refractivity contribution >= 4 is 17.4 Å². The number of hydrogen-bond donors (Lipinski definition) is 2. The highest BCUT2D eigenvalue weighted by molar-refractivity contribution is 6.30. The highest BCUT2D eigenvalue weighted by atomic mass is 35.5. The lowest BCUT2D eigenvalue weighted by Crippen LogP contribution is -2.32. The second-order valence-corrected chi connectivity index (χ2v) is 3.03. The van der Waals surface area contributed by atoms with Crippen LogP contribution in [0.4, 0.5) is 4.39 Å².